The van der Waals surface area contributed by atoms with Crippen molar-refractivity contribution in [2.75, 3.05) is 5.32 Å². The molecule has 1 saturated carbocycles. The molecule has 0 bridgehead atoms. The van der Waals surface area contributed by atoms with Gasteiger partial charge in [0.25, 0.3) is 0 Å². The van der Waals surface area contributed by atoms with E-state index >= 15 is 0 Å². The number of pyridine rings is 2. The molecule has 2 aromatic heterocycles. The summed E-state index contributed by atoms with van der Waals surface area (Å²) in [6.45, 7) is 2.47. The second-order valence-corrected chi connectivity index (χ2v) is 8.32. The molecule has 1 fully saturated rings. The van der Waals surface area contributed by atoms with Crippen molar-refractivity contribution >= 4 is 5.69 Å². The zero-order chi connectivity index (χ0) is 22.0. The summed E-state index contributed by atoms with van der Waals surface area (Å²) in [5, 5.41) is 3.31. The monoisotopic (exact) mass is 426 g/mol. The molecule has 0 amide bonds. The Kier molecular flexibility index (Phi) is 6.23. The highest BCUT2D eigenvalue weighted by atomic mass is 19.1. The fraction of sp³-hybridized carbons (Fsp3) is 0.333. The standard InChI is InChI=1S/C24H25F3N4/c1-14-9-15(11-16(28)10-14)18-7-8-29-13-22(18)30-12-17-5-6-21(27)24(31-17)23-19(25)3-2-4-20(23)26/h2-8,13-16,30H,9-12,28H2,1H3. The highest BCUT2D eigenvalue weighted by Gasteiger charge is 2.27. The van der Waals surface area contributed by atoms with Crippen molar-refractivity contribution in [3.63, 3.8) is 0 Å². The van der Waals surface area contributed by atoms with Gasteiger partial charge in [0, 0.05) is 12.2 Å². The number of rotatable bonds is 5. The minimum Gasteiger partial charge on any atom is -0.378 e. The van der Waals surface area contributed by atoms with Crippen LogP contribution in [-0.2, 0) is 6.54 Å². The molecule has 2 heterocycles. The molecule has 0 radical (unpaired) electrons. The van der Waals surface area contributed by atoms with Crippen LogP contribution >= 0.6 is 0 Å². The maximum absolute atomic E-state index is 14.3. The van der Waals surface area contributed by atoms with E-state index in [-0.39, 0.29) is 18.3 Å². The molecule has 162 valence electrons. The average molecular weight is 426 g/mol. The largest absolute Gasteiger partial charge is 0.378 e. The summed E-state index contributed by atoms with van der Waals surface area (Å²) in [5.41, 5.74) is 7.89. The molecular formula is C24H25F3N4. The van der Waals surface area contributed by atoms with Gasteiger partial charge >= 0.3 is 0 Å². The first-order valence-corrected chi connectivity index (χ1v) is 10.5. The third kappa shape index (κ3) is 4.71. The molecule has 4 nitrogen and oxygen atoms in total. The van der Waals surface area contributed by atoms with Gasteiger partial charge in [0.15, 0.2) is 0 Å². The molecule has 1 aliphatic rings. The molecule has 7 heteroatoms. The van der Waals surface area contributed by atoms with E-state index in [4.69, 9.17) is 5.73 Å². The van der Waals surface area contributed by atoms with Crippen molar-refractivity contribution in [2.45, 2.75) is 44.7 Å². The number of nitrogens with zero attached hydrogens (tertiary/aromatic N) is 2. The van der Waals surface area contributed by atoms with Crippen molar-refractivity contribution in [1.29, 1.82) is 0 Å². The Balaban J connectivity index is 1.57. The maximum atomic E-state index is 14.3. The van der Waals surface area contributed by atoms with E-state index in [0.717, 1.165) is 42.6 Å². The van der Waals surface area contributed by atoms with Crippen LogP contribution < -0.4 is 11.1 Å². The van der Waals surface area contributed by atoms with E-state index in [1.165, 1.54) is 18.2 Å². The Morgan fingerprint density at radius 2 is 1.77 bits per heavy atom. The van der Waals surface area contributed by atoms with Gasteiger partial charge in [0.05, 0.1) is 29.7 Å². The van der Waals surface area contributed by atoms with Gasteiger partial charge in [-0.2, -0.15) is 0 Å². The highest BCUT2D eigenvalue weighted by molar-refractivity contribution is 5.61. The predicted molar refractivity (Wildman–Crippen MR) is 115 cm³/mol. The van der Waals surface area contributed by atoms with Crippen molar-refractivity contribution in [3.05, 3.63) is 77.5 Å². The first-order chi connectivity index (χ1) is 14.9. The summed E-state index contributed by atoms with van der Waals surface area (Å²) < 4.78 is 42.6. The van der Waals surface area contributed by atoms with Crippen LogP contribution in [0.4, 0.5) is 18.9 Å². The van der Waals surface area contributed by atoms with Gasteiger partial charge < -0.3 is 11.1 Å². The minimum absolute atomic E-state index is 0.173. The third-order valence-corrected chi connectivity index (χ3v) is 5.84. The fourth-order valence-corrected chi connectivity index (χ4v) is 4.49. The summed E-state index contributed by atoms with van der Waals surface area (Å²) in [6.07, 6.45) is 6.51. The second-order valence-electron chi connectivity index (χ2n) is 8.32. The van der Waals surface area contributed by atoms with E-state index in [1.54, 1.807) is 12.4 Å². The van der Waals surface area contributed by atoms with Crippen molar-refractivity contribution in [1.82, 2.24) is 9.97 Å². The molecule has 1 aromatic carbocycles. The van der Waals surface area contributed by atoms with E-state index in [1.807, 2.05) is 6.07 Å². The van der Waals surface area contributed by atoms with Crippen molar-refractivity contribution in [3.8, 4) is 11.3 Å². The van der Waals surface area contributed by atoms with Gasteiger partial charge in [-0.15, -0.1) is 0 Å². The molecule has 31 heavy (non-hydrogen) atoms. The quantitative estimate of drug-likeness (QED) is 0.573. The van der Waals surface area contributed by atoms with E-state index in [2.05, 4.69) is 22.2 Å². The number of aromatic nitrogens is 2. The topological polar surface area (TPSA) is 63.8 Å². The van der Waals surface area contributed by atoms with Gasteiger partial charge in [-0.1, -0.05) is 13.0 Å². The number of hydrogen-bond acceptors (Lipinski definition) is 4. The number of anilines is 1. The number of nitrogens with two attached hydrogens (primary N) is 1. The smallest absolute Gasteiger partial charge is 0.149 e. The van der Waals surface area contributed by atoms with Crippen LogP contribution in [0.15, 0.2) is 48.8 Å². The highest BCUT2D eigenvalue weighted by Crippen LogP contribution is 2.38. The Bertz CT molecular complexity index is 1040. The van der Waals surface area contributed by atoms with E-state index in [0.29, 0.717) is 17.5 Å². The molecule has 0 spiro atoms. The van der Waals surface area contributed by atoms with Crippen LogP contribution in [0, 0.1) is 23.4 Å². The average Bonchev–Trinajstić information content (AvgIpc) is 2.73. The molecule has 3 atom stereocenters. The normalized spacial score (nSPS) is 21.1. The zero-order valence-electron chi connectivity index (χ0n) is 17.3. The Morgan fingerprint density at radius 1 is 1.00 bits per heavy atom. The lowest BCUT2D eigenvalue weighted by molar-refractivity contribution is 0.308. The van der Waals surface area contributed by atoms with Crippen molar-refractivity contribution < 1.29 is 13.2 Å². The Morgan fingerprint density at radius 3 is 2.52 bits per heavy atom. The van der Waals surface area contributed by atoms with E-state index in [9.17, 15) is 13.2 Å². The van der Waals surface area contributed by atoms with Crippen molar-refractivity contribution in [2.24, 2.45) is 11.7 Å². The predicted octanol–water partition coefficient (Wildman–Crippen LogP) is 5.40. The molecule has 4 rings (SSSR count). The zero-order valence-corrected chi connectivity index (χ0v) is 17.3. The molecule has 3 unspecified atom stereocenters. The van der Waals surface area contributed by atoms with Crippen LogP contribution in [0.2, 0.25) is 0 Å². The van der Waals surface area contributed by atoms with Crippen LogP contribution in [0.5, 0.6) is 0 Å². The lowest BCUT2D eigenvalue weighted by Gasteiger charge is -2.32. The minimum atomic E-state index is -0.853. The first kappa shape index (κ1) is 21.3. The first-order valence-electron chi connectivity index (χ1n) is 10.5. The maximum Gasteiger partial charge on any atom is 0.149 e. The lowest BCUT2D eigenvalue weighted by atomic mass is 9.76. The molecule has 0 saturated heterocycles. The Hall–Kier alpha value is -2.93. The summed E-state index contributed by atoms with van der Waals surface area (Å²) in [4.78, 5) is 8.41. The SMILES string of the molecule is CC1CC(N)CC(c2ccncc2NCc2ccc(F)c(-c3c(F)cccc3F)n2)C1. The third-order valence-electron chi connectivity index (χ3n) is 5.84. The van der Waals surface area contributed by atoms with Gasteiger partial charge in [-0.25, -0.2) is 18.2 Å². The van der Waals surface area contributed by atoms with E-state index < -0.39 is 23.0 Å². The van der Waals surface area contributed by atoms with Crippen LogP contribution in [0.1, 0.15) is 43.4 Å². The van der Waals surface area contributed by atoms with Gasteiger partial charge in [0.2, 0.25) is 0 Å². The molecule has 3 aromatic rings. The number of halogens is 3. The number of nitrogens with one attached hydrogen (secondary N) is 1. The summed E-state index contributed by atoms with van der Waals surface area (Å²) in [5.74, 6) is -1.61. The summed E-state index contributed by atoms with van der Waals surface area (Å²) in [6, 6.07) is 8.25. The van der Waals surface area contributed by atoms with Gasteiger partial charge in [0.1, 0.15) is 23.1 Å². The molecule has 3 N–H and O–H groups in total. The van der Waals surface area contributed by atoms with Crippen LogP contribution in [-0.4, -0.2) is 16.0 Å². The number of hydrogen-bond donors (Lipinski definition) is 2. The lowest BCUT2D eigenvalue weighted by Crippen LogP contribution is -2.31. The fourth-order valence-electron chi connectivity index (χ4n) is 4.49. The second kappa shape index (κ2) is 9.06. The molecule has 1 aliphatic carbocycles. The molecule has 0 aliphatic heterocycles. The van der Waals surface area contributed by atoms with Crippen LogP contribution in [0.25, 0.3) is 11.3 Å². The Labute approximate surface area is 179 Å². The van der Waals surface area contributed by atoms with Gasteiger partial charge in [-0.05, 0) is 67.0 Å². The summed E-state index contributed by atoms with van der Waals surface area (Å²) >= 11 is 0. The van der Waals surface area contributed by atoms with Crippen LogP contribution in [0.3, 0.4) is 0 Å². The molecular weight excluding hydrogens is 401 g/mol. The summed E-state index contributed by atoms with van der Waals surface area (Å²) in [7, 11) is 0. The van der Waals surface area contributed by atoms with Gasteiger partial charge in [-0.3, -0.25) is 4.98 Å². The number of benzene rings is 1.